The number of piperazine rings is 1. The summed E-state index contributed by atoms with van der Waals surface area (Å²) in [5.41, 5.74) is 0.887. The minimum absolute atomic E-state index is 0.0829. The van der Waals surface area contributed by atoms with Gasteiger partial charge in [-0.2, -0.15) is 4.31 Å². The fourth-order valence-corrected chi connectivity index (χ4v) is 6.81. The Labute approximate surface area is 194 Å². The van der Waals surface area contributed by atoms with E-state index in [9.17, 15) is 18.0 Å². The molecule has 0 bridgehead atoms. The SMILES string of the molecule is Cc1cc(S(=O)(=O)N2CCN(C(=O)C(NC(=O)Cc3ccccc3)C(C)C)CC2)c(C)s1. The molecule has 1 N–H and O–H groups in total. The molecule has 174 valence electrons. The summed E-state index contributed by atoms with van der Waals surface area (Å²) in [5, 5.41) is 2.88. The molecule has 1 aliphatic heterocycles. The van der Waals surface area contributed by atoms with Crippen LogP contribution in [0.5, 0.6) is 0 Å². The summed E-state index contributed by atoms with van der Waals surface area (Å²) in [6, 6.07) is 10.5. The number of rotatable bonds is 7. The molecule has 7 nitrogen and oxygen atoms in total. The zero-order valence-electron chi connectivity index (χ0n) is 19.0. The predicted octanol–water partition coefficient (Wildman–Crippen LogP) is 2.58. The highest BCUT2D eigenvalue weighted by Gasteiger charge is 2.35. The lowest BCUT2D eigenvalue weighted by Gasteiger charge is -2.36. The lowest BCUT2D eigenvalue weighted by atomic mass is 10.0. The Morgan fingerprint density at radius 2 is 1.69 bits per heavy atom. The highest BCUT2D eigenvalue weighted by Crippen LogP contribution is 2.28. The maximum Gasteiger partial charge on any atom is 0.245 e. The van der Waals surface area contributed by atoms with Crippen molar-refractivity contribution in [1.82, 2.24) is 14.5 Å². The summed E-state index contributed by atoms with van der Waals surface area (Å²) < 4.78 is 27.5. The minimum atomic E-state index is -3.58. The van der Waals surface area contributed by atoms with Crippen LogP contribution >= 0.6 is 11.3 Å². The van der Waals surface area contributed by atoms with Gasteiger partial charge in [-0.3, -0.25) is 9.59 Å². The highest BCUT2D eigenvalue weighted by molar-refractivity contribution is 7.89. The summed E-state index contributed by atoms with van der Waals surface area (Å²) in [6.45, 7) is 8.59. The van der Waals surface area contributed by atoms with Gasteiger partial charge in [-0.05, 0) is 31.4 Å². The molecular formula is C23H31N3O4S2. The second kappa shape index (κ2) is 10.1. The van der Waals surface area contributed by atoms with Gasteiger partial charge in [0.25, 0.3) is 0 Å². The fraction of sp³-hybridized carbons (Fsp3) is 0.478. The van der Waals surface area contributed by atoms with Crippen molar-refractivity contribution in [1.29, 1.82) is 0 Å². The Morgan fingerprint density at radius 1 is 1.06 bits per heavy atom. The molecule has 32 heavy (non-hydrogen) atoms. The second-order valence-electron chi connectivity index (χ2n) is 8.46. The number of hydrogen-bond acceptors (Lipinski definition) is 5. The third-order valence-electron chi connectivity index (χ3n) is 5.62. The van der Waals surface area contributed by atoms with Crippen molar-refractivity contribution < 1.29 is 18.0 Å². The van der Waals surface area contributed by atoms with Gasteiger partial charge < -0.3 is 10.2 Å². The van der Waals surface area contributed by atoms with Crippen LogP contribution in [0, 0.1) is 19.8 Å². The van der Waals surface area contributed by atoms with Gasteiger partial charge in [-0.15, -0.1) is 11.3 Å². The van der Waals surface area contributed by atoms with Crippen LogP contribution in [-0.2, 0) is 26.0 Å². The standard InChI is InChI=1S/C23H31N3O4S2/c1-16(2)22(24-21(27)15-19-8-6-5-7-9-19)23(28)25-10-12-26(13-11-25)32(29,30)20-14-17(3)31-18(20)4/h5-9,14,16,22H,10-13,15H2,1-4H3,(H,24,27). The predicted molar refractivity (Wildman–Crippen MR) is 126 cm³/mol. The van der Waals surface area contributed by atoms with Gasteiger partial charge in [0, 0.05) is 35.9 Å². The van der Waals surface area contributed by atoms with Crippen molar-refractivity contribution in [3.8, 4) is 0 Å². The largest absolute Gasteiger partial charge is 0.344 e. The van der Waals surface area contributed by atoms with Crippen molar-refractivity contribution in [2.45, 2.75) is 45.1 Å². The van der Waals surface area contributed by atoms with E-state index in [1.54, 1.807) is 11.0 Å². The first kappa shape index (κ1) is 24.4. The van der Waals surface area contributed by atoms with E-state index >= 15 is 0 Å². The Bertz CT molecular complexity index is 1060. The number of carbonyl (C=O) groups excluding carboxylic acids is 2. The molecule has 0 spiro atoms. The topological polar surface area (TPSA) is 86.8 Å². The van der Waals surface area contributed by atoms with Crippen molar-refractivity contribution >= 4 is 33.2 Å². The molecule has 0 saturated carbocycles. The van der Waals surface area contributed by atoms with Gasteiger partial charge in [0.15, 0.2) is 0 Å². The zero-order chi connectivity index (χ0) is 23.5. The number of amides is 2. The molecule has 1 unspecified atom stereocenters. The smallest absolute Gasteiger partial charge is 0.245 e. The number of carbonyl (C=O) groups is 2. The molecule has 3 rings (SSSR count). The third kappa shape index (κ3) is 5.57. The maximum absolute atomic E-state index is 13.2. The lowest BCUT2D eigenvalue weighted by molar-refractivity contribution is -0.138. The van der Waals surface area contributed by atoms with Gasteiger partial charge in [0.05, 0.1) is 11.3 Å². The summed E-state index contributed by atoms with van der Waals surface area (Å²) in [6.07, 6.45) is 0.211. The van der Waals surface area contributed by atoms with Crippen LogP contribution in [0.1, 0.15) is 29.2 Å². The average molecular weight is 478 g/mol. The van der Waals surface area contributed by atoms with Gasteiger partial charge in [-0.1, -0.05) is 44.2 Å². The molecule has 2 heterocycles. The Morgan fingerprint density at radius 3 is 2.22 bits per heavy atom. The molecule has 1 fully saturated rings. The molecule has 1 saturated heterocycles. The molecule has 2 amide bonds. The van der Waals surface area contributed by atoms with E-state index in [1.165, 1.54) is 15.6 Å². The number of thiophene rings is 1. The maximum atomic E-state index is 13.2. The van der Waals surface area contributed by atoms with E-state index in [0.29, 0.717) is 18.0 Å². The Hall–Kier alpha value is -2.23. The Balaban J connectivity index is 1.62. The molecule has 9 heteroatoms. The monoisotopic (exact) mass is 477 g/mol. The molecular weight excluding hydrogens is 446 g/mol. The van der Waals surface area contributed by atoms with E-state index in [-0.39, 0.29) is 37.2 Å². The van der Waals surface area contributed by atoms with Crippen LogP contribution in [0.2, 0.25) is 0 Å². The van der Waals surface area contributed by atoms with Gasteiger partial charge >= 0.3 is 0 Å². The summed E-state index contributed by atoms with van der Waals surface area (Å²) in [7, 11) is -3.58. The summed E-state index contributed by atoms with van der Waals surface area (Å²) >= 11 is 1.47. The molecule has 0 radical (unpaired) electrons. The normalized spacial score (nSPS) is 16.2. The zero-order valence-corrected chi connectivity index (χ0v) is 20.6. The molecule has 0 aliphatic carbocycles. The van der Waals surface area contributed by atoms with Crippen molar-refractivity contribution in [2.24, 2.45) is 5.92 Å². The van der Waals surface area contributed by atoms with Gasteiger partial charge in [-0.25, -0.2) is 8.42 Å². The first-order valence-corrected chi connectivity index (χ1v) is 13.0. The van der Waals surface area contributed by atoms with E-state index < -0.39 is 16.1 Å². The molecule has 1 aromatic heterocycles. The number of sulfonamides is 1. The minimum Gasteiger partial charge on any atom is -0.344 e. The average Bonchev–Trinajstić information content (AvgIpc) is 3.11. The molecule has 1 aliphatic rings. The van der Waals surface area contributed by atoms with Crippen LogP contribution < -0.4 is 5.32 Å². The summed E-state index contributed by atoms with van der Waals surface area (Å²) in [4.78, 5) is 29.4. The fourth-order valence-electron chi connectivity index (χ4n) is 3.87. The number of hydrogen-bond donors (Lipinski definition) is 1. The van der Waals surface area contributed by atoms with Gasteiger partial charge in [0.1, 0.15) is 6.04 Å². The number of benzene rings is 1. The second-order valence-corrected chi connectivity index (χ2v) is 11.8. The van der Waals surface area contributed by atoms with Crippen LogP contribution in [-0.4, -0.2) is 61.7 Å². The van der Waals surface area contributed by atoms with E-state index in [4.69, 9.17) is 0 Å². The first-order chi connectivity index (χ1) is 15.1. The van der Waals surface area contributed by atoms with Gasteiger partial charge in [0.2, 0.25) is 21.8 Å². The van der Waals surface area contributed by atoms with Crippen LogP contribution in [0.25, 0.3) is 0 Å². The first-order valence-electron chi connectivity index (χ1n) is 10.8. The van der Waals surface area contributed by atoms with E-state index in [1.807, 2.05) is 58.0 Å². The number of nitrogens with zero attached hydrogens (tertiary/aromatic N) is 2. The van der Waals surface area contributed by atoms with E-state index in [2.05, 4.69) is 5.32 Å². The molecule has 2 aromatic rings. The van der Waals surface area contributed by atoms with Crippen molar-refractivity contribution in [2.75, 3.05) is 26.2 Å². The van der Waals surface area contributed by atoms with Crippen LogP contribution in [0.3, 0.4) is 0 Å². The molecule has 1 atom stereocenters. The molecule has 1 aromatic carbocycles. The highest BCUT2D eigenvalue weighted by atomic mass is 32.2. The van der Waals surface area contributed by atoms with Crippen molar-refractivity contribution in [3.05, 3.63) is 51.7 Å². The summed E-state index contributed by atoms with van der Waals surface area (Å²) in [5.74, 6) is -0.450. The van der Waals surface area contributed by atoms with Crippen LogP contribution in [0.4, 0.5) is 0 Å². The Kier molecular flexibility index (Phi) is 7.74. The van der Waals surface area contributed by atoms with Crippen molar-refractivity contribution in [3.63, 3.8) is 0 Å². The number of aryl methyl sites for hydroxylation is 2. The van der Waals surface area contributed by atoms with Crippen LogP contribution in [0.15, 0.2) is 41.3 Å². The number of nitrogens with one attached hydrogen (secondary N) is 1. The van der Waals surface area contributed by atoms with E-state index in [0.717, 1.165) is 15.3 Å². The lowest BCUT2D eigenvalue weighted by Crippen LogP contribution is -2.57. The third-order valence-corrected chi connectivity index (χ3v) is 8.74. The quantitative estimate of drug-likeness (QED) is 0.664.